The van der Waals surface area contributed by atoms with Gasteiger partial charge in [-0.05, 0) is 113 Å². The number of aromatic amines is 2. The largest absolute Gasteiger partial charge is 0.444 e. The number of alkyl carbamates (subject to hydrolysis) is 1. The Kier molecular flexibility index (Phi) is 9.36. The lowest BCUT2D eigenvalue weighted by Gasteiger charge is -2.36. The number of ether oxygens (including phenoxy) is 1. The smallest absolute Gasteiger partial charge is 0.407 e. The SMILES string of the molecule is Cc1cc2nc(C3CC3)nn2cc1-c1ccc(C[C@@H](C(N)=O)N(c2ccc3[nH]c(=O)[nH]c3c2)C(=O)[C@H]2CC[C@H](CNC(=O)OC(C)(C)C)CC2)cc1. The second-order valence-electron chi connectivity index (χ2n) is 15.4. The number of carbonyl (C=O) groups excluding carboxylic acids is 3. The number of amides is 3. The molecule has 0 saturated heterocycles. The average Bonchev–Trinajstić information content (AvgIpc) is 3.76. The molecule has 0 bridgehead atoms. The van der Waals surface area contributed by atoms with E-state index in [1.807, 2.05) is 61.8 Å². The third kappa shape index (κ3) is 7.73. The molecule has 13 nitrogen and oxygen atoms in total. The molecule has 2 aromatic carbocycles. The number of primary amides is 1. The lowest BCUT2D eigenvalue weighted by Crippen LogP contribution is -2.52. The number of aryl methyl sites for hydroxylation is 1. The summed E-state index contributed by atoms with van der Waals surface area (Å²) in [5, 5.41) is 7.56. The zero-order valence-corrected chi connectivity index (χ0v) is 30.1. The second kappa shape index (κ2) is 13.9. The van der Waals surface area contributed by atoms with Gasteiger partial charge >= 0.3 is 11.8 Å². The van der Waals surface area contributed by atoms with E-state index in [1.54, 1.807) is 18.2 Å². The first-order valence-electron chi connectivity index (χ1n) is 18.1. The Labute approximate surface area is 301 Å². The van der Waals surface area contributed by atoms with Gasteiger partial charge in [-0.1, -0.05) is 24.3 Å². The number of anilines is 1. The number of benzene rings is 2. The molecule has 3 amide bonds. The zero-order valence-electron chi connectivity index (χ0n) is 30.1. The van der Waals surface area contributed by atoms with Crippen molar-refractivity contribution in [3.05, 3.63) is 82.2 Å². The number of carbonyl (C=O) groups is 3. The van der Waals surface area contributed by atoms with Crippen molar-refractivity contribution < 1.29 is 19.1 Å². The van der Waals surface area contributed by atoms with Crippen LogP contribution in [0.4, 0.5) is 10.5 Å². The molecule has 2 saturated carbocycles. The number of hydrogen-bond acceptors (Lipinski definition) is 7. The number of fused-ring (bicyclic) bond motifs is 2. The summed E-state index contributed by atoms with van der Waals surface area (Å²) < 4.78 is 7.22. The standard InChI is InChI=1S/C39H46N8O5/c1-22-17-33-44-35(26-13-14-26)45-46(33)21-29(22)25-9-5-23(6-10-25)18-32(34(40)48)47(28-15-16-30-31(19-28)43-37(50)42-30)36(49)27-11-7-24(8-12-27)20-41-38(51)52-39(2,3)4/h5-6,9-10,15-17,19,21,24,26-27,32H,7-8,11-14,18,20H2,1-4H3,(H2,40,48)(H,41,51)(H2,42,43,50)/t24-,27-,32-/m0/s1. The van der Waals surface area contributed by atoms with Gasteiger partial charge in [0, 0.05) is 42.2 Å². The Bertz CT molecular complexity index is 2180. The first kappa shape index (κ1) is 35.0. The zero-order chi connectivity index (χ0) is 36.7. The molecule has 2 aliphatic carbocycles. The van der Waals surface area contributed by atoms with E-state index < -0.39 is 23.6 Å². The highest BCUT2D eigenvalue weighted by Crippen LogP contribution is 2.38. The summed E-state index contributed by atoms with van der Waals surface area (Å²) in [5.74, 6) is 0.383. The highest BCUT2D eigenvalue weighted by Gasteiger charge is 2.36. The Hall–Kier alpha value is -5.46. The number of imidazole rings is 1. The molecular formula is C39H46N8O5. The average molecular weight is 707 g/mol. The maximum absolute atomic E-state index is 14.5. The molecule has 0 unspecified atom stereocenters. The lowest BCUT2D eigenvalue weighted by atomic mass is 9.81. The third-order valence-electron chi connectivity index (χ3n) is 10.1. The monoisotopic (exact) mass is 706 g/mol. The molecule has 5 aromatic rings. The summed E-state index contributed by atoms with van der Waals surface area (Å²) in [5.41, 5.74) is 11.5. The summed E-state index contributed by atoms with van der Waals surface area (Å²) in [7, 11) is 0. The van der Waals surface area contributed by atoms with Crippen LogP contribution < -0.4 is 21.6 Å². The molecule has 52 heavy (non-hydrogen) atoms. The van der Waals surface area contributed by atoms with Crippen LogP contribution >= 0.6 is 0 Å². The van der Waals surface area contributed by atoms with Crippen molar-refractivity contribution in [1.82, 2.24) is 29.9 Å². The highest BCUT2D eigenvalue weighted by molar-refractivity contribution is 6.02. The molecule has 13 heteroatoms. The quantitative estimate of drug-likeness (QED) is 0.148. The molecule has 2 aliphatic rings. The molecule has 0 spiro atoms. The van der Waals surface area contributed by atoms with Gasteiger partial charge < -0.3 is 25.8 Å². The minimum atomic E-state index is -0.984. The van der Waals surface area contributed by atoms with E-state index in [0.29, 0.717) is 42.0 Å². The Morgan fingerprint density at radius 2 is 1.71 bits per heavy atom. The topological polar surface area (TPSA) is 181 Å². The van der Waals surface area contributed by atoms with E-state index in [1.165, 1.54) is 4.90 Å². The maximum atomic E-state index is 14.5. The van der Waals surface area contributed by atoms with E-state index in [4.69, 9.17) is 20.6 Å². The molecule has 0 aliphatic heterocycles. The van der Waals surface area contributed by atoms with E-state index in [-0.39, 0.29) is 29.9 Å². The Morgan fingerprint density at radius 1 is 1.00 bits per heavy atom. The summed E-state index contributed by atoms with van der Waals surface area (Å²) in [6.07, 6.45) is 6.67. The summed E-state index contributed by atoms with van der Waals surface area (Å²) in [6.45, 7) is 7.98. The summed E-state index contributed by atoms with van der Waals surface area (Å²) in [4.78, 5) is 63.8. The predicted octanol–water partition coefficient (Wildman–Crippen LogP) is 5.51. The van der Waals surface area contributed by atoms with Crippen molar-refractivity contribution in [3.63, 3.8) is 0 Å². The van der Waals surface area contributed by atoms with Crippen molar-refractivity contribution in [2.24, 2.45) is 17.6 Å². The Balaban J connectivity index is 1.11. The highest BCUT2D eigenvalue weighted by atomic mass is 16.6. The molecule has 3 aromatic heterocycles. The maximum Gasteiger partial charge on any atom is 0.407 e. The van der Waals surface area contributed by atoms with Gasteiger partial charge in [0.25, 0.3) is 0 Å². The number of aromatic nitrogens is 5. The van der Waals surface area contributed by atoms with E-state index in [9.17, 15) is 19.2 Å². The fourth-order valence-corrected chi connectivity index (χ4v) is 7.20. The van der Waals surface area contributed by atoms with Gasteiger partial charge in [0.15, 0.2) is 11.5 Å². The lowest BCUT2D eigenvalue weighted by molar-refractivity contribution is -0.127. The van der Waals surface area contributed by atoms with Crippen molar-refractivity contribution >= 4 is 40.3 Å². The number of H-pyrrole nitrogens is 2. The van der Waals surface area contributed by atoms with Crippen LogP contribution in [0, 0.1) is 18.8 Å². The van der Waals surface area contributed by atoms with Crippen molar-refractivity contribution in [1.29, 1.82) is 0 Å². The number of hydrogen-bond donors (Lipinski definition) is 4. The van der Waals surface area contributed by atoms with Crippen LogP contribution in [0.1, 0.15) is 82.2 Å². The molecule has 272 valence electrons. The summed E-state index contributed by atoms with van der Waals surface area (Å²) >= 11 is 0. The van der Waals surface area contributed by atoms with Gasteiger partial charge in [-0.15, -0.1) is 0 Å². The van der Waals surface area contributed by atoms with Crippen LogP contribution in [0.3, 0.4) is 0 Å². The van der Waals surface area contributed by atoms with Crippen molar-refractivity contribution in [2.75, 3.05) is 11.4 Å². The fourth-order valence-electron chi connectivity index (χ4n) is 7.20. The predicted molar refractivity (Wildman–Crippen MR) is 198 cm³/mol. The molecule has 1 atom stereocenters. The number of nitrogens with one attached hydrogen (secondary N) is 3. The van der Waals surface area contributed by atoms with Crippen LogP contribution in [0.25, 0.3) is 27.8 Å². The van der Waals surface area contributed by atoms with Crippen LogP contribution in [0.5, 0.6) is 0 Å². The minimum Gasteiger partial charge on any atom is -0.444 e. The van der Waals surface area contributed by atoms with E-state index in [2.05, 4.69) is 22.2 Å². The van der Waals surface area contributed by atoms with Crippen LogP contribution in [0.15, 0.2) is 59.5 Å². The molecule has 7 rings (SSSR count). The van der Waals surface area contributed by atoms with Gasteiger partial charge in [-0.3, -0.25) is 14.5 Å². The third-order valence-corrected chi connectivity index (χ3v) is 10.1. The van der Waals surface area contributed by atoms with Gasteiger partial charge in [0.1, 0.15) is 11.6 Å². The van der Waals surface area contributed by atoms with Gasteiger partial charge in [-0.25, -0.2) is 19.1 Å². The molecule has 0 radical (unpaired) electrons. The fraction of sp³-hybridized carbons (Fsp3) is 0.436. The number of nitrogens with zero attached hydrogens (tertiary/aromatic N) is 4. The van der Waals surface area contributed by atoms with Gasteiger partial charge in [0.05, 0.1) is 11.0 Å². The first-order valence-corrected chi connectivity index (χ1v) is 18.1. The normalized spacial score (nSPS) is 18.3. The van der Waals surface area contributed by atoms with Crippen LogP contribution in [0.2, 0.25) is 0 Å². The molecule has 3 heterocycles. The number of nitrogens with two attached hydrogens (primary N) is 1. The van der Waals surface area contributed by atoms with Crippen LogP contribution in [-0.4, -0.2) is 60.7 Å². The van der Waals surface area contributed by atoms with Crippen molar-refractivity contribution in [3.8, 4) is 11.1 Å². The van der Waals surface area contributed by atoms with E-state index >= 15 is 0 Å². The molecular weight excluding hydrogens is 660 g/mol. The summed E-state index contributed by atoms with van der Waals surface area (Å²) in [6, 6.07) is 14.2. The molecule has 5 N–H and O–H groups in total. The number of pyridine rings is 1. The minimum absolute atomic E-state index is 0.196. The van der Waals surface area contributed by atoms with E-state index in [0.717, 1.165) is 59.4 Å². The Morgan fingerprint density at radius 3 is 2.38 bits per heavy atom. The van der Waals surface area contributed by atoms with Gasteiger partial charge in [-0.2, -0.15) is 5.10 Å². The van der Waals surface area contributed by atoms with Crippen molar-refractivity contribution in [2.45, 2.75) is 90.2 Å². The van der Waals surface area contributed by atoms with Gasteiger partial charge in [0.2, 0.25) is 11.8 Å². The van der Waals surface area contributed by atoms with Crippen LogP contribution in [-0.2, 0) is 20.7 Å². The first-order chi connectivity index (χ1) is 24.8. The molecule has 2 fully saturated rings. The second-order valence-corrected chi connectivity index (χ2v) is 15.4. The number of rotatable bonds is 10.